The zero-order valence-corrected chi connectivity index (χ0v) is 7.34. The fourth-order valence-electron chi connectivity index (χ4n) is 1.06. The first-order valence-electron chi connectivity index (χ1n) is 3.98. The fourth-order valence-corrected chi connectivity index (χ4v) is 1.06. The Balaban J connectivity index is 3.73. The van der Waals surface area contributed by atoms with Gasteiger partial charge in [-0.3, -0.25) is 0 Å². The van der Waals surface area contributed by atoms with Crippen molar-refractivity contribution in [2.75, 3.05) is 7.11 Å². The van der Waals surface area contributed by atoms with Gasteiger partial charge in [-0.15, -0.1) is 12.3 Å². The minimum atomic E-state index is -0.00931. The van der Waals surface area contributed by atoms with Crippen molar-refractivity contribution < 1.29 is 4.74 Å². The maximum atomic E-state index is 5.76. The molecule has 0 saturated carbocycles. The molecule has 2 heteroatoms. The smallest absolute Gasteiger partial charge is 0.0731 e. The summed E-state index contributed by atoms with van der Waals surface area (Å²) in [5, 5.41) is 0. The molecule has 0 heterocycles. The van der Waals surface area contributed by atoms with Gasteiger partial charge in [0.1, 0.15) is 0 Å². The molecule has 0 aromatic carbocycles. The monoisotopic (exact) mass is 155 g/mol. The van der Waals surface area contributed by atoms with Gasteiger partial charge < -0.3 is 10.5 Å². The quantitative estimate of drug-likeness (QED) is 0.604. The van der Waals surface area contributed by atoms with E-state index in [1.165, 1.54) is 0 Å². The molecule has 2 N–H and O–H groups in total. The van der Waals surface area contributed by atoms with Gasteiger partial charge in [0.05, 0.1) is 6.10 Å². The van der Waals surface area contributed by atoms with Gasteiger partial charge in [0, 0.05) is 19.6 Å². The molecule has 0 aromatic heterocycles. The third-order valence-electron chi connectivity index (χ3n) is 1.71. The average molecular weight is 155 g/mol. The van der Waals surface area contributed by atoms with Crippen molar-refractivity contribution in [1.82, 2.24) is 0 Å². The van der Waals surface area contributed by atoms with Gasteiger partial charge in [0.15, 0.2) is 0 Å². The summed E-state index contributed by atoms with van der Waals surface area (Å²) in [7, 11) is 1.68. The molecule has 0 aliphatic heterocycles. The van der Waals surface area contributed by atoms with E-state index >= 15 is 0 Å². The average Bonchev–Trinajstić information content (AvgIpc) is 2.00. The van der Waals surface area contributed by atoms with Crippen molar-refractivity contribution in [2.45, 2.75) is 38.3 Å². The third kappa shape index (κ3) is 4.02. The lowest BCUT2D eigenvalue weighted by atomic mass is 10.0. The normalized spacial score (nSPS) is 15.5. The van der Waals surface area contributed by atoms with Crippen LogP contribution in [0.15, 0.2) is 0 Å². The molecular formula is C9H17NO. The summed E-state index contributed by atoms with van der Waals surface area (Å²) in [5.74, 6) is 2.54. The lowest BCUT2D eigenvalue weighted by molar-refractivity contribution is 0.0739. The molecule has 64 valence electrons. The number of methoxy groups -OCH3 is 1. The highest BCUT2D eigenvalue weighted by atomic mass is 16.5. The Kier molecular flexibility index (Phi) is 5.91. The zero-order chi connectivity index (χ0) is 8.69. The lowest BCUT2D eigenvalue weighted by Gasteiger charge is -2.19. The van der Waals surface area contributed by atoms with Crippen LogP contribution in [0.3, 0.4) is 0 Å². The van der Waals surface area contributed by atoms with Gasteiger partial charge in [-0.25, -0.2) is 0 Å². The molecule has 0 aliphatic carbocycles. The number of ether oxygens (including phenoxy) is 1. The maximum Gasteiger partial charge on any atom is 0.0731 e. The molecule has 0 amide bonds. The van der Waals surface area contributed by atoms with Crippen LogP contribution in [0, 0.1) is 12.3 Å². The Morgan fingerprint density at radius 2 is 2.27 bits per heavy atom. The SMILES string of the molecule is C#CCC(N)C(CCC)OC. The van der Waals surface area contributed by atoms with Crippen molar-refractivity contribution in [3.05, 3.63) is 0 Å². The fraction of sp³-hybridized carbons (Fsp3) is 0.778. The predicted octanol–water partition coefficient (Wildman–Crippen LogP) is 1.15. The second-order valence-electron chi connectivity index (χ2n) is 2.63. The maximum absolute atomic E-state index is 5.76. The van der Waals surface area contributed by atoms with E-state index in [1.54, 1.807) is 7.11 Å². The number of nitrogens with two attached hydrogens (primary N) is 1. The summed E-state index contributed by atoms with van der Waals surface area (Å²) in [4.78, 5) is 0. The van der Waals surface area contributed by atoms with E-state index < -0.39 is 0 Å². The number of rotatable bonds is 5. The van der Waals surface area contributed by atoms with Gasteiger partial charge >= 0.3 is 0 Å². The Morgan fingerprint density at radius 3 is 2.64 bits per heavy atom. The molecule has 2 atom stereocenters. The highest BCUT2D eigenvalue weighted by Gasteiger charge is 2.14. The van der Waals surface area contributed by atoms with Crippen molar-refractivity contribution in [3.63, 3.8) is 0 Å². The second kappa shape index (κ2) is 6.21. The lowest BCUT2D eigenvalue weighted by Crippen LogP contribution is -2.35. The van der Waals surface area contributed by atoms with Crippen LogP contribution in [0.25, 0.3) is 0 Å². The predicted molar refractivity (Wildman–Crippen MR) is 47.1 cm³/mol. The first-order valence-corrected chi connectivity index (χ1v) is 3.98. The van der Waals surface area contributed by atoms with Crippen LogP contribution >= 0.6 is 0 Å². The topological polar surface area (TPSA) is 35.2 Å². The molecule has 0 fully saturated rings. The molecule has 0 spiro atoms. The zero-order valence-electron chi connectivity index (χ0n) is 7.34. The summed E-state index contributed by atoms with van der Waals surface area (Å²) in [5.41, 5.74) is 5.76. The van der Waals surface area contributed by atoms with Gasteiger partial charge in [-0.2, -0.15) is 0 Å². The molecular weight excluding hydrogens is 138 g/mol. The van der Waals surface area contributed by atoms with Gasteiger partial charge in [0.25, 0.3) is 0 Å². The van der Waals surface area contributed by atoms with Crippen LogP contribution in [-0.2, 0) is 4.74 Å². The van der Waals surface area contributed by atoms with E-state index in [0.29, 0.717) is 6.42 Å². The molecule has 0 saturated heterocycles. The van der Waals surface area contributed by atoms with Crippen molar-refractivity contribution in [1.29, 1.82) is 0 Å². The third-order valence-corrected chi connectivity index (χ3v) is 1.71. The number of hydrogen-bond acceptors (Lipinski definition) is 2. The Labute approximate surface area is 69.1 Å². The van der Waals surface area contributed by atoms with E-state index in [0.717, 1.165) is 12.8 Å². The van der Waals surface area contributed by atoms with Crippen LogP contribution in [0.4, 0.5) is 0 Å². The molecule has 0 rings (SSSR count). The second-order valence-corrected chi connectivity index (χ2v) is 2.63. The summed E-state index contributed by atoms with van der Waals surface area (Å²) in [6, 6.07) is -0.00931. The Hall–Kier alpha value is -0.520. The molecule has 2 unspecified atom stereocenters. The summed E-state index contributed by atoms with van der Waals surface area (Å²) in [6.45, 7) is 2.11. The summed E-state index contributed by atoms with van der Waals surface area (Å²) >= 11 is 0. The van der Waals surface area contributed by atoms with Crippen LogP contribution in [-0.4, -0.2) is 19.3 Å². The molecule has 0 aromatic rings. The standard InChI is InChI=1S/C9H17NO/c1-4-6-8(10)9(11-3)7-5-2/h1,8-9H,5-7,10H2,2-3H3. The highest BCUT2D eigenvalue weighted by molar-refractivity contribution is 4.91. The summed E-state index contributed by atoms with van der Waals surface area (Å²) < 4.78 is 5.18. The molecule has 0 bridgehead atoms. The van der Waals surface area contributed by atoms with Gasteiger partial charge in [-0.05, 0) is 6.42 Å². The Bertz CT molecular complexity index is 128. The number of terminal acetylenes is 1. The first kappa shape index (κ1) is 10.5. The minimum Gasteiger partial charge on any atom is -0.380 e. The molecule has 0 aliphatic rings. The van der Waals surface area contributed by atoms with E-state index in [9.17, 15) is 0 Å². The number of hydrogen-bond donors (Lipinski definition) is 1. The highest BCUT2D eigenvalue weighted by Crippen LogP contribution is 2.06. The van der Waals surface area contributed by atoms with Gasteiger partial charge in [-0.1, -0.05) is 13.3 Å². The molecule has 11 heavy (non-hydrogen) atoms. The van der Waals surface area contributed by atoms with Crippen LogP contribution in [0.2, 0.25) is 0 Å². The van der Waals surface area contributed by atoms with Crippen molar-refractivity contribution >= 4 is 0 Å². The van der Waals surface area contributed by atoms with Crippen molar-refractivity contribution in [3.8, 4) is 12.3 Å². The molecule has 2 nitrogen and oxygen atoms in total. The van der Waals surface area contributed by atoms with E-state index in [4.69, 9.17) is 16.9 Å². The van der Waals surface area contributed by atoms with Gasteiger partial charge in [0.2, 0.25) is 0 Å². The van der Waals surface area contributed by atoms with E-state index in [1.807, 2.05) is 0 Å². The van der Waals surface area contributed by atoms with E-state index in [2.05, 4.69) is 12.8 Å². The van der Waals surface area contributed by atoms with Crippen LogP contribution in [0.5, 0.6) is 0 Å². The van der Waals surface area contributed by atoms with Crippen molar-refractivity contribution in [2.24, 2.45) is 5.73 Å². The Morgan fingerprint density at radius 1 is 1.64 bits per heavy atom. The molecule has 0 radical (unpaired) electrons. The minimum absolute atomic E-state index is 0.00931. The summed E-state index contributed by atoms with van der Waals surface area (Å²) in [6.07, 6.45) is 7.92. The first-order chi connectivity index (χ1) is 5.26. The van der Waals surface area contributed by atoms with Crippen LogP contribution < -0.4 is 5.73 Å². The van der Waals surface area contributed by atoms with E-state index in [-0.39, 0.29) is 12.1 Å². The van der Waals surface area contributed by atoms with Crippen LogP contribution in [0.1, 0.15) is 26.2 Å². The largest absolute Gasteiger partial charge is 0.380 e.